The summed E-state index contributed by atoms with van der Waals surface area (Å²) < 4.78 is 0. The molecule has 1 saturated heterocycles. The lowest BCUT2D eigenvalue weighted by molar-refractivity contribution is 0.193. The standard InChI is InChI=1S/C16H23N/c1-3-4-13-6-7-15-14(11-13)9-10-17-12(2)5-8-16(15)17/h6-7,11-12,16H,3-5,8-10H2,1-2H3. The Morgan fingerprint density at radius 3 is 3.00 bits per heavy atom. The minimum Gasteiger partial charge on any atom is -0.293 e. The molecule has 2 aliphatic rings. The van der Waals surface area contributed by atoms with E-state index in [-0.39, 0.29) is 0 Å². The molecule has 2 unspecified atom stereocenters. The van der Waals surface area contributed by atoms with E-state index in [1.165, 1.54) is 44.2 Å². The zero-order valence-electron chi connectivity index (χ0n) is 11.1. The van der Waals surface area contributed by atoms with Gasteiger partial charge in [0.15, 0.2) is 0 Å². The summed E-state index contributed by atoms with van der Waals surface area (Å²) in [5, 5.41) is 0. The van der Waals surface area contributed by atoms with Gasteiger partial charge in [0, 0.05) is 18.6 Å². The minimum atomic E-state index is 0.726. The van der Waals surface area contributed by atoms with Gasteiger partial charge in [-0.15, -0.1) is 0 Å². The van der Waals surface area contributed by atoms with Gasteiger partial charge in [-0.3, -0.25) is 4.90 Å². The van der Waals surface area contributed by atoms with Crippen LogP contribution in [-0.2, 0) is 12.8 Å². The summed E-state index contributed by atoms with van der Waals surface area (Å²) in [6.45, 7) is 5.92. The number of benzene rings is 1. The molecule has 0 saturated carbocycles. The van der Waals surface area contributed by atoms with Crippen LogP contribution in [0.2, 0.25) is 0 Å². The van der Waals surface area contributed by atoms with Crippen LogP contribution in [0.25, 0.3) is 0 Å². The molecule has 92 valence electrons. The minimum absolute atomic E-state index is 0.726. The van der Waals surface area contributed by atoms with E-state index < -0.39 is 0 Å². The molecule has 3 rings (SSSR count). The summed E-state index contributed by atoms with van der Waals surface area (Å²) in [7, 11) is 0. The summed E-state index contributed by atoms with van der Waals surface area (Å²) in [6.07, 6.45) is 6.49. The first-order valence-electron chi connectivity index (χ1n) is 7.17. The first kappa shape index (κ1) is 11.3. The van der Waals surface area contributed by atoms with Gasteiger partial charge in [0.1, 0.15) is 0 Å². The summed E-state index contributed by atoms with van der Waals surface area (Å²) in [5.41, 5.74) is 4.79. The highest BCUT2D eigenvalue weighted by Crippen LogP contribution is 2.40. The second-order valence-corrected chi connectivity index (χ2v) is 5.71. The third-order valence-electron chi connectivity index (χ3n) is 4.57. The van der Waals surface area contributed by atoms with E-state index in [9.17, 15) is 0 Å². The number of hydrogen-bond acceptors (Lipinski definition) is 1. The fourth-order valence-corrected chi connectivity index (χ4v) is 3.64. The van der Waals surface area contributed by atoms with Crippen LogP contribution in [0, 0.1) is 0 Å². The number of nitrogens with zero attached hydrogens (tertiary/aromatic N) is 1. The van der Waals surface area contributed by atoms with Gasteiger partial charge in [-0.2, -0.15) is 0 Å². The van der Waals surface area contributed by atoms with Crippen molar-refractivity contribution in [2.24, 2.45) is 0 Å². The second kappa shape index (κ2) is 4.45. The summed E-state index contributed by atoms with van der Waals surface area (Å²) in [6, 6.07) is 8.76. The molecule has 0 radical (unpaired) electrons. The van der Waals surface area contributed by atoms with Crippen LogP contribution in [-0.4, -0.2) is 17.5 Å². The molecule has 0 bridgehead atoms. The van der Waals surface area contributed by atoms with Crippen LogP contribution in [0.15, 0.2) is 18.2 Å². The largest absolute Gasteiger partial charge is 0.293 e. The van der Waals surface area contributed by atoms with Crippen molar-refractivity contribution in [3.63, 3.8) is 0 Å². The van der Waals surface area contributed by atoms with Crippen molar-refractivity contribution in [2.45, 2.75) is 58.0 Å². The van der Waals surface area contributed by atoms with Gasteiger partial charge in [-0.25, -0.2) is 0 Å². The Morgan fingerprint density at radius 2 is 2.18 bits per heavy atom. The number of fused-ring (bicyclic) bond motifs is 3. The van der Waals surface area contributed by atoms with E-state index in [2.05, 4.69) is 36.9 Å². The molecule has 1 aromatic rings. The average Bonchev–Trinajstić information content (AvgIpc) is 2.72. The van der Waals surface area contributed by atoms with Gasteiger partial charge >= 0.3 is 0 Å². The van der Waals surface area contributed by atoms with E-state index in [0.717, 1.165) is 12.1 Å². The first-order chi connectivity index (χ1) is 8.29. The number of hydrogen-bond donors (Lipinski definition) is 0. The van der Waals surface area contributed by atoms with E-state index in [0.29, 0.717) is 0 Å². The fourth-order valence-electron chi connectivity index (χ4n) is 3.64. The van der Waals surface area contributed by atoms with Crippen molar-refractivity contribution in [3.05, 3.63) is 34.9 Å². The van der Waals surface area contributed by atoms with Crippen molar-refractivity contribution in [3.8, 4) is 0 Å². The van der Waals surface area contributed by atoms with Crippen molar-refractivity contribution in [1.29, 1.82) is 0 Å². The van der Waals surface area contributed by atoms with Crippen molar-refractivity contribution in [1.82, 2.24) is 4.90 Å². The van der Waals surface area contributed by atoms with Crippen molar-refractivity contribution in [2.75, 3.05) is 6.54 Å². The van der Waals surface area contributed by atoms with Crippen LogP contribution in [0.5, 0.6) is 0 Å². The predicted octanol–water partition coefficient (Wildman–Crippen LogP) is 3.72. The Bertz CT molecular complexity index is 410. The lowest BCUT2D eigenvalue weighted by Crippen LogP contribution is -2.35. The lowest BCUT2D eigenvalue weighted by Gasteiger charge is -2.34. The summed E-state index contributed by atoms with van der Waals surface area (Å²) in [4.78, 5) is 2.71. The smallest absolute Gasteiger partial charge is 0.0354 e. The quantitative estimate of drug-likeness (QED) is 0.747. The van der Waals surface area contributed by atoms with Gasteiger partial charge < -0.3 is 0 Å². The highest BCUT2D eigenvalue weighted by atomic mass is 15.2. The third kappa shape index (κ3) is 1.91. The molecule has 17 heavy (non-hydrogen) atoms. The van der Waals surface area contributed by atoms with Crippen LogP contribution in [0.3, 0.4) is 0 Å². The molecule has 0 aromatic heterocycles. The molecule has 1 nitrogen and oxygen atoms in total. The molecule has 2 aliphatic heterocycles. The molecule has 2 heterocycles. The first-order valence-corrected chi connectivity index (χ1v) is 7.17. The van der Waals surface area contributed by atoms with Gasteiger partial charge in [-0.05, 0) is 49.3 Å². The van der Waals surface area contributed by atoms with Gasteiger partial charge in [0.25, 0.3) is 0 Å². The molecule has 1 fully saturated rings. The van der Waals surface area contributed by atoms with Crippen LogP contribution < -0.4 is 0 Å². The number of aryl methyl sites for hydroxylation is 1. The maximum absolute atomic E-state index is 2.71. The van der Waals surface area contributed by atoms with Gasteiger partial charge in [0.05, 0.1) is 0 Å². The Hall–Kier alpha value is -0.820. The van der Waals surface area contributed by atoms with Crippen LogP contribution in [0.1, 0.15) is 55.8 Å². The molecule has 0 N–H and O–H groups in total. The van der Waals surface area contributed by atoms with Crippen LogP contribution >= 0.6 is 0 Å². The maximum atomic E-state index is 2.71. The molecular formula is C16H23N. The highest BCUT2D eigenvalue weighted by molar-refractivity contribution is 5.37. The van der Waals surface area contributed by atoms with Crippen LogP contribution in [0.4, 0.5) is 0 Å². The molecule has 1 heteroatoms. The molecule has 0 aliphatic carbocycles. The topological polar surface area (TPSA) is 3.24 Å². The van der Waals surface area contributed by atoms with Gasteiger partial charge in [0.2, 0.25) is 0 Å². The lowest BCUT2D eigenvalue weighted by atomic mass is 9.90. The highest BCUT2D eigenvalue weighted by Gasteiger charge is 2.35. The zero-order chi connectivity index (χ0) is 11.8. The summed E-state index contributed by atoms with van der Waals surface area (Å²) in [5.74, 6) is 0. The predicted molar refractivity (Wildman–Crippen MR) is 72.3 cm³/mol. The zero-order valence-corrected chi connectivity index (χ0v) is 11.1. The SMILES string of the molecule is CCCc1ccc2c(c1)CCN1C(C)CCC21. The Balaban J connectivity index is 1.91. The molecular weight excluding hydrogens is 206 g/mol. The second-order valence-electron chi connectivity index (χ2n) is 5.71. The van der Waals surface area contributed by atoms with Crippen molar-refractivity contribution < 1.29 is 0 Å². The normalized spacial score (nSPS) is 27.9. The van der Waals surface area contributed by atoms with Gasteiger partial charge in [-0.1, -0.05) is 31.5 Å². The van der Waals surface area contributed by atoms with E-state index in [4.69, 9.17) is 0 Å². The fraction of sp³-hybridized carbons (Fsp3) is 0.625. The van der Waals surface area contributed by atoms with E-state index in [1.54, 1.807) is 11.1 Å². The monoisotopic (exact) mass is 229 g/mol. The van der Waals surface area contributed by atoms with E-state index >= 15 is 0 Å². The molecule has 2 atom stereocenters. The summed E-state index contributed by atoms with van der Waals surface area (Å²) >= 11 is 0. The molecule has 1 aromatic carbocycles. The Morgan fingerprint density at radius 1 is 1.29 bits per heavy atom. The Labute approximate surface area is 105 Å². The molecule has 0 spiro atoms. The third-order valence-corrected chi connectivity index (χ3v) is 4.57. The van der Waals surface area contributed by atoms with Crippen molar-refractivity contribution >= 4 is 0 Å². The Kier molecular flexibility index (Phi) is 2.96. The van der Waals surface area contributed by atoms with E-state index in [1.807, 2.05) is 0 Å². The maximum Gasteiger partial charge on any atom is 0.0354 e. The average molecular weight is 229 g/mol. The molecule has 0 amide bonds. The number of rotatable bonds is 2.